The van der Waals surface area contributed by atoms with Crippen LogP contribution in [0.3, 0.4) is 0 Å². The lowest BCUT2D eigenvalue weighted by Crippen LogP contribution is -2.30. The van der Waals surface area contributed by atoms with E-state index in [1.165, 1.54) is 186 Å². The molecule has 0 saturated heterocycles. The second kappa shape index (κ2) is 46.9. The van der Waals surface area contributed by atoms with E-state index in [-0.39, 0.29) is 31.1 Å². The molecule has 0 aliphatic rings. The summed E-state index contributed by atoms with van der Waals surface area (Å²) in [5.74, 6) is 0.751. The van der Waals surface area contributed by atoms with E-state index in [1.54, 1.807) is 0 Å². The summed E-state index contributed by atoms with van der Waals surface area (Å²) in [4.78, 5) is 37.9. The molecule has 0 N–H and O–H groups in total. The fraction of sp³-hybridized carbons (Fsp3) is 0.944. The molecule has 1 atom stereocenters. The van der Waals surface area contributed by atoms with Crippen LogP contribution in [0.25, 0.3) is 0 Å². The topological polar surface area (TPSA) is 78.9 Å². The maximum Gasteiger partial charge on any atom is 0.306 e. The number of unbranched alkanes of at least 4 members (excludes halogenated alkanes) is 33. The first-order chi connectivity index (χ1) is 29.2. The lowest BCUT2D eigenvalue weighted by atomic mass is 10.0. The summed E-state index contributed by atoms with van der Waals surface area (Å²) in [5.41, 5.74) is 0. The molecule has 0 aliphatic carbocycles. The van der Waals surface area contributed by atoms with E-state index in [9.17, 15) is 14.4 Å². The number of hydrogen-bond donors (Lipinski definition) is 0. The van der Waals surface area contributed by atoms with E-state index in [4.69, 9.17) is 14.2 Å². The zero-order chi connectivity index (χ0) is 44.0. The number of ether oxygens (including phenoxy) is 3. The van der Waals surface area contributed by atoms with Gasteiger partial charge in [0.15, 0.2) is 6.10 Å². The summed E-state index contributed by atoms with van der Waals surface area (Å²) in [6, 6.07) is 0. The fourth-order valence-electron chi connectivity index (χ4n) is 8.17. The van der Waals surface area contributed by atoms with Gasteiger partial charge in [0.2, 0.25) is 0 Å². The summed E-state index contributed by atoms with van der Waals surface area (Å²) in [6.07, 6.45) is 48.2. The molecule has 0 aromatic carbocycles. The van der Waals surface area contributed by atoms with Gasteiger partial charge < -0.3 is 14.2 Å². The average molecular weight is 849 g/mol. The predicted octanol–water partition coefficient (Wildman–Crippen LogP) is 17.3. The Morgan fingerprint density at radius 1 is 0.317 bits per heavy atom. The Morgan fingerprint density at radius 2 is 0.550 bits per heavy atom. The van der Waals surface area contributed by atoms with Gasteiger partial charge in [0, 0.05) is 19.3 Å². The molecule has 0 heterocycles. The van der Waals surface area contributed by atoms with E-state index in [0.29, 0.717) is 19.3 Å². The van der Waals surface area contributed by atoms with Gasteiger partial charge in [0.05, 0.1) is 0 Å². The van der Waals surface area contributed by atoms with E-state index in [2.05, 4.69) is 34.6 Å². The molecule has 0 bridgehead atoms. The largest absolute Gasteiger partial charge is 0.462 e. The first-order valence-electron chi connectivity index (χ1n) is 26.7. The Kier molecular flexibility index (Phi) is 45.7. The third kappa shape index (κ3) is 47.5. The molecule has 0 aliphatic heterocycles. The third-order valence-electron chi connectivity index (χ3n) is 12.2. The molecule has 6 heteroatoms. The van der Waals surface area contributed by atoms with Gasteiger partial charge in [-0.15, -0.1) is 0 Å². The van der Waals surface area contributed by atoms with Crippen molar-refractivity contribution >= 4 is 17.9 Å². The highest BCUT2D eigenvalue weighted by molar-refractivity contribution is 5.71. The smallest absolute Gasteiger partial charge is 0.306 e. The Bertz CT molecular complexity index is 916. The van der Waals surface area contributed by atoms with Crippen molar-refractivity contribution in [1.29, 1.82) is 0 Å². The molecule has 0 radical (unpaired) electrons. The van der Waals surface area contributed by atoms with Gasteiger partial charge in [-0.25, -0.2) is 0 Å². The second-order valence-electron chi connectivity index (χ2n) is 19.5. The highest BCUT2D eigenvalue weighted by Gasteiger charge is 2.19. The molecular formula is C54H104O6. The van der Waals surface area contributed by atoms with Crippen LogP contribution in [-0.4, -0.2) is 37.2 Å². The van der Waals surface area contributed by atoms with Crippen molar-refractivity contribution in [2.24, 2.45) is 11.8 Å². The second-order valence-corrected chi connectivity index (χ2v) is 19.5. The zero-order valence-corrected chi connectivity index (χ0v) is 41.1. The van der Waals surface area contributed by atoms with Crippen molar-refractivity contribution in [3.63, 3.8) is 0 Å². The van der Waals surface area contributed by atoms with E-state index in [0.717, 1.165) is 69.6 Å². The van der Waals surface area contributed by atoms with Crippen LogP contribution in [0.4, 0.5) is 0 Å². The lowest BCUT2D eigenvalue weighted by molar-refractivity contribution is -0.167. The molecular weight excluding hydrogens is 745 g/mol. The van der Waals surface area contributed by atoms with Crippen molar-refractivity contribution < 1.29 is 28.6 Å². The summed E-state index contributed by atoms with van der Waals surface area (Å²) in [5, 5.41) is 0. The molecule has 0 spiro atoms. The summed E-state index contributed by atoms with van der Waals surface area (Å²) in [7, 11) is 0. The van der Waals surface area contributed by atoms with Crippen molar-refractivity contribution in [3.8, 4) is 0 Å². The van der Waals surface area contributed by atoms with Gasteiger partial charge in [-0.05, 0) is 31.1 Å². The van der Waals surface area contributed by atoms with Crippen LogP contribution in [0.1, 0.15) is 298 Å². The first kappa shape index (κ1) is 58.4. The van der Waals surface area contributed by atoms with E-state index < -0.39 is 6.10 Å². The molecule has 0 rings (SSSR count). The van der Waals surface area contributed by atoms with Crippen molar-refractivity contribution in [2.75, 3.05) is 13.2 Å². The van der Waals surface area contributed by atoms with Crippen LogP contribution < -0.4 is 0 Å². The predicted molar refractivity (Wildman–Crippen MR) is 256 cm³/mol. The Morgan fingerprint density at radius 3 is 0.817 bits per heavy atom. The number of esters is 3. The average Bonchev–Trinajstić information content (AvgIpc) is 3.22. The SMILES string of the molecule is CCCCCCCCCCCCCCCCCCCC(=O)OC[C@H](COC(=O)CCCCCCCCC(C)C)OC(=O)CCCCCCCCCCCCCCCC(C)C. The summed E-state index contributed by atoms with van der Waals surface area (Å²) < 4.78 is 16.8. The molecule has 0 aromatic rings. The van der Waals surface area contributed by atoms with Gasteiger partial charge in [-0.3, -0.25) is 14.4 Å². The fourth-order valence-corrected chi connectivity index (χ4v) is 8.17. The monoisotopic (exact) mass is 849 g/mol. The van der Waals surface area contributed by atoms with Crippen LogP contribution in [0, 0.1) is 11.8 Å². The van der Waals surface area contributed by atoms with E-state index in [1.807, 2.05) is 0 Å². The highest BCUT2D eigenvalue weighted by atomic mass is 16.6. The number of hydrogen-bond acceptors (Lipinski definition) is 6. The zero-order valence-electron chi connectivity index (χ0n) is 41.1. The molecule has 6 nitrogen and oxygen atoms in total. The first-order valence-corrected chi connectivity index (χ1v) is 26.7. The number of carbonyl (C=O) groups excluding carboxylic acids is 3. The third-order valence-corrected chi connectivity index (χ3v) is 12.2. The Balaban J connectivity index is 4.25. The van der Waals surface area contributed by atoms with Gasteiger partial charge in [0.1, 0.15) is 13.2 Å². The molecule has 0 unspecified atom stereocenters. The standard InChI is InChI=1S/C54H104O6/c1-6-7-8-9-10-11-12-13-14-15-16-19-22-25-28-34-39-44-52(55)58-47-51(48-59-53(56)45-40-35-31-30-33-38-43-50(4)5)60-54(57)46-41-36-29-26-23-20-17-18-21-24-27-32-37-42-49(2)3/h49-51H,6-48H2,1-5H3/t51-/m1/s1. The Labute approximate surface area is 374 Å². The van der Waals surface area contributed by atoms with Gasteiger partial charge >= 0.3 is 17.9 Å². The van der Waals surface area contributed by atoms with Crippen LogP contribution in [0.15, 0.2) is 0 Å². The maximum atomic E-state index is 12.8. The van der Waals surface area contributed by atoms with E-state index >= 15 is 0 Å². The van der Waals surface area contributed by atoms with Crippen molar-refractivity contribution in [1.82, 2.24) is 0 Å². The summed E-state index contributed by atoms with van der Waals surface area (Å²) >= 11 is 0. The molecule has 0 saturated carbocycles. The van der Waals surface area contributed by atoms with Crippen LogP contribution in [0.2, 0.25) is 0 Å². The Hall–Kier alpha value is -1.59. The minimum Gasteiger partial charge on any atom is -0.462 e. The molecule has 60 heavy (non-hydrogen) atoms. The molecule has 0 amide bonds. The number of carbonyl (C=O) groups is 3. The normalized spacial score (nSPS) is 12.1. The summed E-state index contributed by atoms with van der Waals surface area (Å²) in [6.45, 7) is 11.3. The molecule has 0 aromatic heterocycles. The molecule has 0 fully saturated rings. The minimum atomic E-state index is -0.762. The van der Waals surface area contributed by atoms with Crippen molar-refractivity contribution in [2.45, 2.75) is 304 Å². The van der Waals surface area contributed by atoms with Crippen molar-refractivity contribution in [3.05, 3.63) is 0 Å². The van der Waals surface area contributed by atoms with Crippen LogP contribution in [0.5, 0.6) is 0 Å². The maximum absolute atomic E-state index is 12.8. The quantitative estimate of drug-likeness (QED) is 0.0345. The van der Waals surface area contributed by atoms with Crippen LogP contribution in [-0.2, 0) is 28.6 Å². The number of rotatable bonds is 48. The lowest BCUT2D eigenvalue weighted by Gasteiger charge is -2.18. The van der Waals surface area contributed by atoms with Crippen LogP contribution >= 0.6 is 0 Å². The highest BCUT2D eigenvalue weighted by Crippen LogP contribution is 2.18. The minimum absolute atomic E-state index is 0.0642. The van der Waals surface area contributed by atoms with Gasteiger partial charge in [0.25, 0.3) is 0 Å². The van der Waals surface area contributed by atoms with Gasteiger partial charge in [-0.2, -0.15) is 0 Å². The molecule has 356 valence electrons. The van der Waals surface area contributed by atoms with Gasteiger partial charge in [-0.1, -0.05) is 259 Å².